The number of likely N-dealkylation sites (tertiary alicyclic amines) is 1. The normalized spacial score (nSPS) is 24.5. The van der Waals surface area contributed by atoms with E-state index in [1.54, 1.807) is 0 Å². The summed E-state index contributed by atoms with van der Waals surface area (Å²) in [7, 11) is 0. The first-order valence-corrected chi connectivity index (χ1v) is 13.0. The number of hydrogen-bond acceptors (Lipinski definition) is 5. The lowest BCUT2D eigenvalue weighted by atomic mass is 9.79. The van der Waals surface area contributed by atoms with Crippen molar-refractivity contribution >= 4 is 5.96 Å². The largest absolute Gasteiger partial charge is 0.376 e. The van der Waals surface area contributed by atoms with E-state index >= 15 is 0 Å². The maximum atomic E-state index is 5.83. The van der Waals surface area contributed by atoms with Gasteiger partial charge in [0.1, 0.15) is 12.2 Å². The zero-order chi connectivity index (χ0) is 22.1. The summed E-state index contributed by atoms with van der Waals surface area (Å²) in [4.78, 5) is 7.95. The highest BCUT2D eigenvalue weighted by Gasteiger charge is 2.38. The smallest absolute Gasteiger partial charge is 0.191 e. The number of rotatable bonds is 9. The molecule has 2 N–H and O–H groups in total. The number of aromatic nitrogens is 3. The van der Waals surface area contributed by atoms with Crippen molar-refractivity contribution in [2.24, 2.45) is 4.99 Å². The van der Waals surface area contributed by atoms with E-state index < -0.39 is 0 Å². The van der Waals surface area contributed by atoms with E-state index in [9.17, 15) is 0 Å². The van der Waals surface area contributed by atoms with Gasteiger partial charge in [0.25, 0.3) is 0 Å². The number of aryl methyl sites for hydroxylation is 1. The molecule has 8 heteroatoms. The molecule has 8 nitrogen and oxygen atoms in total. The van der Waals surface area contributed by atoms with Gasteiger partial charge in [-0.25, -0.2) is 0 Å². The zero-order valence-electron chi connectivity index (χ0n) is 20.0. The Labute approximate surface area is 193 Å². The van der Waals surface area contributed by atoms with Crippen molar-refractivity contribution in [2.75, 3.05) is 39.3 Å². The summed E-state index contributed by atoms with van der Waals surface area (Å²) in [6.45, 7) is 8.86. The van der Waals surface area contributed by atoms with Gasteiger partial charge in [0.15, 0.2) is 5.96 Å². The minimum Gasteiger partial charge on any atom is -0.376 e. The summed E-state index contributed by atoms with van der Waals surface area (Å²) in [5.74, 6) is 1.96. The third-order valence-electron chi connectivity index (χ3n) is 7.52. The maximum Gasteiger partial charge on any atom is 0.191 e. The topological polar surface area (TPSA) is 79.6 Å². The van der Waals surface area contributed by atoms with Crippen LogP contribution in [-0.2, 0) is 17.7 Å². The molecule has 1 aromatic heterocycles. The standard InChI is InChI=1S/C24H43N7O/c1-2-22-29-28-20-30(22)16-13-25-23(26-18-21-10-9-17-32-21)27-19-24(11-5-3-6-12-24)31-14-7-4-8-15-31/h20-21H,2-19H2,1H3,(H2,25,26,27). The molecule has 1 atom stereocenters. The Balaban J connectivity index is 1.40. The van der Waals surface area contributed by atoms with Crippen molar-refractivity contribution in [1.29, 1.82) is 0 Å². The van der Waals surface area contributed by atoms with Crippen LogP contribution in [0.15, 0.2) is 11.3 Å². The molecule has 0 bridgehead atoms. The van der Waals surface area contributed by atoms with Gasteiger partial charge in [0, 0.05) is 38.2 Å². The van der Waals surface area contributed by atoms with Crippen LogP contribution in [0, 0.1) is 0 Å². The highest BCUT2D eigenvalue weighted by molar-refractivity contribution is 5.79. The predicted molar refractivity (Wildman–Crippen MR) is 128 cm³/mol. The summed E-state index contributed by atoms with van der Waals surface area (Å²) in [6.07, 6.45) is 16.0. The molecule has 1 unspecified atom stereocenters. The van der Waals surface area contributed by atoms with Crippen LogP contribution < -0.4 is 10.6 Å². The van der Waals surface area contributed by atoms with Gasteiger partial charge in [0.05, 0.1) is 12.6 Å². The maximum absolute atomic E-state index is 5.83. The van der Waals surface area contributed by atoms with Crippen molar-refractivity contribution < 1.29 is 4.74 Å². The molecule has 1 aliphatic carbocycles. The van der Waals surface area contributed by atoms with Gasteiger partial charge < -0.3 is 19.9 Å². The number of aliphatic imine (C=N–C) groups is 1. The van der Waals surface area contributed by atoms with Crippen molar-refractivity contribution in [2.45, 2.75) is 95.7 Å². The zero-order valence-corrected chi connectivity index (χ0v) is 20.0. The van der Waals surface area contributed by atoms with Gasteiger partial charge in [-0.2, -0.15) is 0 Å². The molecule has 0 radical (unpaired) electrons. The van der Waals surface area contributed by atoms with Crippen molar-refractivity contribution in [3.63, 3.8) is 0 Å². The SMILES string of the molecule is CCc1nncn1CCNC(=NCC1(N2CCCCC2)CCCCC1)NCC1CCCO1. The third kappa shape index (κ3) is 6.22. The number of nitrogens with zero attached hydrogens (tertiary/aromatic N) is 5. The summed E-state index contributed by atoms with van der Waals surface area (Å²) >= 11 is 0. The van der Waals surface area contributed by atoms with E-state index in [1.165, 1.54) is 64.5 Å². The first kappa shape index (κ1) is 23.5. The second-order valence-corrected chi connectivity index (χ2v) is 9.73. The monoisotopic (exact) mass is 445 g/mol. The molecule has 32 heavy (non-hydrogen) atoms. The Morgan fingerprint density at radius 3 is 2.69 bits per heavy atom. The van der Waals surface area contributed by atoms with Gasteiger partial charge in [-0.15, -0.1) is 10.2 Å². The summed E-state index contributed by atoms with van der Waals surface area (Å²) < 4.78 is 7.96. The fourth-order valence-electron chi connectivity index (χ4n) is 5.60. The summed E-state index contributed by atoms with van der Waals surface area (Å²) in [5, 5.41) is 15.4. The number of piperidine rings is 1. The van der Waals surface area contributed by atoms with E-state index in [4.69, 9.17) is 9.73 Å². The quantitative estimate of drug-likeness (QED) is 0.449. The van der Waals surface area contributed by atoms with E-state index in [0.717, 1.165) is 63.8 Å². The lowest BCUT2D eigenvalue weighted by molar-refractivity contribution is 0.0407. The van der Waals surface area contributed by atoms with E-state index in [-0.39, 0.29) is 5.54 Å². The molecule has 2 saturated heterocycles. The molecule has 0 spiro atoms. The summed E-state index contributed by atoms with van der Waals surface area (Å²) in [6, 6.07) is 0. The number of nitrogens with one attached hydrogen (secondary N) is 2. The Bertz CT molecular complexity index is 701. The van der Waals surface area contributed by atoms with Gasteiger partial charge in [-0.05, 0) is 51.6 Å². The molecule has 0 aromatic carbocycles. The van der Waals surface area contributed by atoms with Gasteiger partial charge in [-0.1, -0.05) is 32.6 Å². The first-order chi connectivity index (χ1) is 15.8. The predicted octanol–water partition coefficient (Wildman–Crippen LogP) is 2.74. The van der Waals surface area contributed by atoms with Crippen LogP contribution in [0.5, 0.6) is 0 Å². The van der Waals surface area contributed by atoms with Crippen LogP contribution in [-0.4, -0.2) is 76.6 Å². The summed E-state index contributed by atoms with van der Waals surface area (Å²) in [5.41, 5.74) is 0.251. The first-order valence-electron chi connectivity index (χ1n) is 13.0. The molecule has 3 heterocycles. The lowest BCUT2D eigenvalue weighted by Crippen LogP contribution is -2.55. The van der Waals surface area contributed by atoms with Crippen molar-refractivity contribution in [1.82, 2.24) is 30.3 Å². The minimum absolute atomic E-state index is 0.251. The van der Waals surface area contributed by atoms with E-state index in [0.29, 0.717) is 6.10 Å². The molecule has 1 saturated carbocycles. The van der Waals surface area contributed by atoms with Crippen LogP contribution >= 0.6 is 0 Å². The Morgan fingerprint density at radius 2 is 1.94 bits per heavy atom. The molecule has 0 amide bonds. The van der Waals surface area contributed by atoms with Crippen LogP contribution in [0.3, 0.4) is 0 Å². The van der Waals surface area contributed by atoms with E-state index in [2.05, 4.69) is 37.2 Å². The van der Waals surface area contributed by atoms with Crippen LogP contribution in [0.1, 0.15) is 77.0 Å². The highest BCUT2D eigenvalue weighted by Crippen LogP contribution is 2.35. The lowest BCUT2D eigenvalue weighted by Gasteiger charge is -2.47. The number of hydrogen-bond donors (Lipinski definition) is 2. The fourth-order valence-corrected chi connectivity index (χ4v) is 5.60. The van der Waals surface area contributed by atoms with Crippen LogP contribution in [0.4, 0.5) is 0 Å². The van der Waals surface area contributed by atoms with Gasteiger partial charge in [-0.3, -0.25) is 9.89 Å². The third-order valence-corrected chi connectivity index (χ3v) is 7.52. The second-order valence-electron chi connectivity index (χ2n) is 9.73. The average molecular weight is 446 g/mol. The Hall–Kier alpha value is -1.67. The highest BCUT2D eigenvalue weighted by atomic mass is 16.5. The second kappa shape index (κ2) is 12.0. The minimum atomic E-state index is 0.251. The Kier molecular flexibility index (Phi) is 8.79. The molecular weight excluding hydrogens is 402 g/mol. The van der Waals surface area contributed by atoms with Crippen molar-refractivity contribution in [3.8, 4) is 0 Å². The molecule has 3 fully saturated rings. The molecule has 3 aliphatic rings. The van der Waals surface area contributed by atoms with Gasteiger partial charge in [0.2, 0.25) is 0 Å². The van der Waals surface area contributed by atoms with Crippen LogP contribution in [0.2, 0.25) is 0 Å². The van der Waals surface area contributed by atoms with Crippen molar-refractivity contribution in [3.05, 3.63) is 12.2 Å². The molecule has 1 aromatic rings. The van der Waals surface area contributed by atoms with Gasteiger partial charge >= 0.3 is 0 Å². The fraction of sp³-hybridized carbons (Fsp3) is 0.875. The number of ether oxygens (including phenoxy) is 1. The molecule has 4 rings (SSSR count). The van der Waals surface area contributed by atoms with Crippen LogP contribution in [0.25, 0.3) is 0 Å². The number of guanidine groups is 1. The van der Waals surface area contributed by atoms with E-state index in [1.807, 2.05) is 6.33 Å². The Morgan fingerprint density at radius 1 is 1.12 bits per heavy atom. The molecule has 2 aliphatic heterocycles. The average Bonchev–Trinajstić information content (AvgIpc) is 3.53. The molecular formula is C24H43N7O. The molecule has 180 valence electrons.